The van der Waals surface area contributed by atoms with Gasteiger partial charge in [0.25, 0.3) is 0 Å². The second kappa shape index (κ2) is 7.52. The zero-order valence-corrected chi connectivity index (χ0v) is 15.5. The summed E-state index contributed by atoms with van der Waals surface area (Å²) >= 11 is 0. The first-order valence-corrected chi connectivity index (χ1v) is 7.86. The van der Waals surface area contributed by atoms with Crippen LogP contribution in [-0.2, 0) is 13.2 Å². The van der Waals surface area contributed by atoms with E-state index in [1.165, 1.54) is 0 Å². The van der Waals surface area contributed by atoms with Crippen LogP contribution >= 0.6 is 0 Å². The Morgan fingerprint density at radius 2 is 1.80 bits per heavy atom. The number of hydrogen-bond donors (Lipinski definition) is 0. The summed E-state index contributed by atoms with van der Waals surface area (Å²) in [6.07, 6.45) is 0. The first kappa shape index (κ1) is 18.7. The summed E-state index contributed by atoms with van der Waals surface area (Å²) in [7, 11) is 5.16. The SMILES string of the molecule is COc1cc(C)c(CN(C)Cn2nc(C)c([N+](=O)[O-])c2C)cc1OC. The Morgan fingerprint density at radius 3 is 2.32 bits per heavy atom. The fourth-order valence-electron chi connectivity index (χ4n) is 2.85. The van der Waals surface area contributed by atoms with E-state index in [-0.39, 0.29) is 10.6 Å². The van der Waals surface area contributed by atoms with Gasteiger partial charge >= 0.3 is 5.69 Å². The van der Waals surface area contributed by atoms with Gasteiger partial charge in [0, 0.05) is 6.54 Å². The van der Waals surface area contributed by atoms with E-state index >= 15 is 0 Å². The van der Waals surface area contributed by atoms with Crippen LogP contribution in [0.2, 0.25) is 0 Å². The second-order valence-corrected chi connectivity index (χ2v) is 6.07. The van der Waals surface area contributed by atoms with E-state index in [0.29, 0.717) is 36.1 Å². The molecule has 1 heterocycles. The summed E-state index contributed by atoms with van der Waals surface area (Å²) < 4.78 is 12.3. The number of methoxy groups -OCH3 is 2. The summed E-state index contributed by atoms with van der Waals surface area (Å²) in [5.74, 6) is 1.37. The molecule has 0 N–H and O–H groups in total. The topological polar surface area (TPSA) is 82.7 Å². The standard InChI is InChI=1S/C17H24N4O4/c1-11-7-15(24-5)16(25-6)8-14(11)9-19(4)10-20-13(3)17(21(22)23)12(2)18-20/h7-8H,9-10H2,1-6H3. The summed E-state index contributed by atoms with van der Waals surface area (Å²) in [5.41, 5.74) is 3.24. The summed E-state index contributed by atoms with van der Waals surface area (Å²) in [4.78, 5) is 12.8. The molecule has 0 saturated heterocycles. The number of nitrogens with zero attached hydrogens (tertiary/aromatic N) is 4. The molecule has 1 aromatic heterocycles. The monoisotopic (exact) mass is 348 g/mol. The van der Waals surface area contributed by atoms with Gasteiger partial charge in [-0.2, -0.15) is 5.10 Å². The van der Waals surface area contributed by atoms with E-state index in [9.17, 15) is 10.1 Å². The molecule has 0 fully saturated rings. The van der Waals surface area contributed by atoms with Gasteiger partial charge in [0.05, 0.1) is 25.8 Å². The predicted octanol–water partition coefficient (Wildman–Crippen LogP) is 2.82. The van der Waals surface area contributed by atoms with Gasteiger partial charge in [-0.25, -0.2) is 4.68 Å². The van der Waals surface area contributed by atoms with Crippen molar-refractivity contribution in [3.8, 4) is 11.5 Å². The van der Waals surface area contributed by atoms with Crippen molar-refractivity contribution in [3.05, 3.63) is 44.8 Å². The molecule has 8 nitrogen and oxygen atoms in total. The largest absolute Gasteiger partial charge is 0.493 e. The second-order valence-electron chi connectivity index (χ2n) is 6.07. The molecule has 136 valence electrons. The Hall–Kier alpha value is -2.61. The molecule has 25 heavy (non-hydrogen) atoms. The minimum absolute atomic E-state index is 0.0793. The summed E-state index contributed by atoms with van der Waals surface area (Å²) in [6, 6.07) is 3.89. The predicted molar refractivity (Wildman–Crippen MR) is 94.1 cm³/mol. The lowest BCUT2D eigenvalue weighted by atomic mass is 10.1. The van der Waals surface area contributed by atoms with Gasteiger partial charge in [0.2, 0.25) is 0 Å². The number of aryl methyl sites for hydroxylation is 2. The van der Waals surface area contributed by atoms with E-state index in [1.807, 2.05) is 31.0 Å². The zero-order valence-electron chi connectivity index (χ0n) is 15.5. The molecule has 0 radical (unpaired) electrons. The third kappa shape index (κ3) is 3.90. The van der Waals surface area contributed by atoms with Crippen LogP contribution < -0.4 is 9.47 Å². The molecule has 8 heteroatoms. The number of aromatic nitrogens is 2. The Bertz CT molecular complexity index is 785. The molecule has 0 aliphatic rings. The number of nitro groups is 1. The van der Waals surface area contributed by atoms with Crippen molar-refractivity contribution in [2.75, 3.05) is 21.3 Å². The minimum Gasteiger partial charge on any atom is -0.493 e. The molecule has 0 amide bonds. The highest BCUT2D eigenvalue weighted by Gasteiger charge is 2.22. The van der Waals surface area contributed by atoms with Crippen LogP contribution in [0.15, 0.2) is 12.1 Å². The normalized spacial score (nSPS) is 11.0. The molecule has 0 atom stereocenters. The molecule has 0 saturated carbocycles. The van der Waals surface area contributed by atoms with Crippen molar-refractivity contribution in [2.24, 2.45) is 0 Å². The lowest BCUT2D eigenvalue weighted by Gasteiger charge is -2.20. The highest BCUT2D eigenvalue weighted by Crippen LogP contribution is 2.31. The molecule has 0 aliphatic carbocycles. The molecular formula is C17H24N4O4. The van der Waals surface area contributed by atoms with Crippen molar-refractivity contribution >= 4 is 5.69 Å². The first-order valence-electron chi connectivity index (χ1n) is 7.86. The number of rotatable bonds is 7. The maximum atomic E-state index is 11.1. The Kier molecular flexibility index (Phi) is 5.63. The quantitative estimate of drug-likeness (QED) is 0.565. The Labute approximate surface area is 147 Å². The van der Waals surface area contributed by atoms with Gasteiger partial charge < -0.3 is 9.47 Å². The molecule has 2 rings (SSSR count). The number of ether oxygens (including phenoxy) is 2. The molecule has 0 unspecified atom stereocenters. The number of hydrogen-bond acceptors (Lipinski definition) is 6. The van der Waals surface area contributed by atoms with E-state index in [4.69, 9.17) is 9.47 Å². The van der Waals surface area contributed by atoms with E-state index in [2.05, 4.69) is 5.10 Å². The van der Waals surface area contributed by atoms with E-state index in [0.717, 1.165) is 11.1 Å². The van der Waals surface area contributed by atoms with Crippen LogP contribution in [0.5, 0.6) is 11.5 Å². The minimum atomic E-state index is -0.382. The Balaban J connectivity index is 2.20. The molecule has 2 aromatic rings. The van der Waals surface area contributed by atoms with Gasteiger partial charge in [0.1, 0.15) is 11.4 Å². The molecule has 0 spiro atoms. The van der Waals surface area contributed by atoms with Crippen molar-refractivity contribution in [1.82, 2.24) is 14.7 Å². The zero-order chi connectivity index (χ0) is 18.7. The van der Waals surface area contributed by atoms with Gasteiger partial charge in [-0.15, -0.1) is 0 Å². The van der Waals surface area contributed by atoms with Crippen LogP contribution in [0.1, 0.15) is 22.5 Å². The van der Waals surface area contributed by atoms with Gasteiger partial charge in [0.15, 0.2) is 11.5 Å². The van der Waals surface area contributed by atoms with Crippen LogP contribution in [0.3, 0.4) is 0 Å². The van der Waals surface area contributed by atoms with Crippen LogP contribution in [0, 0.1) is 30.9 Å². The van der Waals surface area contributed by atoms with Crippen molar-refractivity contribution in [2.45, 2.75) is 34.0 Å². The first-order chi connectivity index (χ1) is 11.8. The highest BCUT2D eigenvalue weighted by molar-refractivity contribution is 5.47. The molecule has 0 aliphatic heterocycles. The van der Waals surface area contributed by atoms with Gasteiger partial charge in [-0.05, 0) is 51.1 Å². The lowest BCUT2D eigenvalue weighted by Crippen LogP contribution is -2.23. The molecular weight excluding hydrogens is 324 g/mol. The van der Waals surface area contributed by atoms with Crippen LogP contribution in [0.4, 0.5) is 5.69 Å². The van der Waals surface area contributed by atoms with Crippen LogP contribution in [0.25, 0.3) is 0 Å². The third-order valence-electron chi connectivity index (χ3n) is 4.18. The summed E-state index contributed by atoms with van der Waals surface area (Å²) in [5, 5.41) is 15.4. The lowest BCUT2D eigenvalue weighted by molar-refractivity contribution is -0.386. The van der Waals surface area contributed by atoms with Crippen molar-refractivity contribution in [1.29, 1.82) is 0 Å². The molecule has 1 aromatic carbocycles. The van der Waals surface area contributed by atoms with Crippen molar-refractivity contribution < 1.29 is 14.4 Å². The van der Waals surface area contributed by atoms with Crippen LogP contribution in [-0.4, -0.2) is 40.9 Å². The Morgan fingerprint density at radius 1 is 1.20 bits per heavy atom. The highest BCUT2D eigenvalue weighted by atomic mass is 16.6. The third-order valence-corrected chi connectivity index (χ3v) is 4.18. The maximum absolute atomic E-state index is 11.1. The van der Waals surface area contributed by atoms with Gasteiger partial charge in [-0.1, -0.05) is 0 Å². The fraction of sp³-hybridized carbons (Fsp3) is 0.471. The molecule has 0 bridgehead atoms. The average molecular weight is 348 g/mol. The van der Waals surface area contributed by atoms with Crippen molar-refractivity contribution in [3.63, 3.8) is 0 Å². The average Bonchev–Trinajstić information content (AvgIpc) is 2.82. The van der Waals surface area contributed by atoms with E-state index in [1.54, 1.807) is 32.7 Å². The summed E-state index contributed by atoms with van der Waals surface area (Å²) in [6.45, 7) is 6.49. The smallest absolute Gasteiger partial charge is 0.312 e. The fourth-order valence-corrected chi connectivity index (χ4v) is 2.85. The maximum Gasteiger partial charge on any atom is 0.312 e. The number of benzene rings is 1. The van der Waals surface area contributed by atoms with E-state index < -0.39 is 0 Å². The van der Waals surface area contributed by atoms with Gasteiger partial charge in [-0.3, -0.25) is 15.0 Å².